The van der Waals surface area contributed by atoms with Gasteiger partial charge in [0.15, 0.2) is 0 Å². The van der Waals surface area contributed by atoms with E-state index in [1.165, 1.54) is 0 Å². The lowest BCUT2D eigenvalue weighted by atomic mass is 10.2. The van der Waals surface area contributed by atoms with Crippen LogP contribution in [0.4, 0.5) is 0 Å². The van der Waals surface area contributed by atoms with Gasteiger partial charge in [0, 0.05) is 23.9 Å². The number of hydrogen-bond acceptors (Lipinski definition) is 3. The molecule has 2 rings (SSSR count). The smallest absolute Gasteiger partial charge is 0.333 e. The summed E-state index contributed by atoms with van der Waals surface area (Å²) in [6.07, 6.45) is 3.71. The highest BCUT2D eigenvalue weighted by molar-refractivity contribution is 5.86. The van der Waals surface area contributed by atoms with E-state index in [2.05, 4.69) is 18.1 Å². The van der Waals surface area contributed by atoms with Crippen LogP contribution in [-0.4, -0.2) is 15.5 Å². The third-order valence-corrected chi connectivity index (χ3v) is 2.94. The lowest BCUT2D eigenvalue weighted by Gasteiger charge is -2.05. The molecule has 0 saturated carbocycles. The molecule has 0 fully saturated rings. The summed E-state index contributed by atoms with van der Waals surface area (Å²) >= 11 is 0. The van der Waals surface area contributed by atoms with Crippen LogP contribution >= 0.6 is 0 Å². The molecule has 0 bridgehead atoms. The molecule has 2 aromatic rings. The SMILES string of the molecule is C=CCn1cc(-c2ccccc2)nc1COC(=O)C(=C)C. The van der Waals surface area contributed by atoms with E-state index >= 15 is 0 Å². The summed E-state index contributed by atoms with van der Waals surface area (Å²) in [6, 6.07) is 9.86. The van der Waals surface area contributed by atoms with Crippen molar-refractivity contribution in [2.24, 2.45) is 0 Å². The second-order valence-corrected chi connectivity index (χ2v) is 4.71. The number of rotatable bonds is 6. The molecule has 0 radical (unpaired) electrons. The first kappa shape index (κ1) is 14.8. The van der Waals surface area contributed by atoms with Gasteiger partial charge in [-0.15, -0.1) is 6.58 Å². The molecular weight excluding hydrogens is 264 g/mol. The van der Waals surface area contributed by atoms with Gasteiger partial charge in [-0.1, -0.05) is 43.0 Å². The van der Waals surface area contributed by atoms with Gasteiger partial charge in [-0.05, 0) is 6.92 Å². The van der Waals surface area contributed by atoms with Crippen molar-refractivity contribution in [3.63, 3.8) is 0 Å². The number of aromatic nitrogens is 2. The zero-order valence-corrected chi connectivity index (χ0v) is 12.1. The number of benzene rings is 1. The number of esters is 1. The van der Waals surface area contributed by atoms with E-state index in [0.29, 0.717) is 17.9 Å². The van der Waals surface area contributed by atoms with Gasteiger partial charge in [0.1, 0.15) is 12.4 Å². The van der Waals surface area contributed by atoms with Gasteiger partial charge in [-0.2, -0.15) is 0 Å². The van der Waals surface area contributed by atoms with Crippen molar-refractivity contribution in [3.8, 4) is 11.3 Å². The van der Waals surface area contributed by atoms with E-state index in [1.54, 1.807) is 13.0 Å². The third-order valence-electron chi connectivity index (χ3n) is 2.94. The van der Waals surface area contributed by atoms with Crippen molar-refractivity contribution in [1.29, 1.82) is 0 Å². The fourth-order valence-corrected chi connectivity index (χ4v) is 1.87. The molecule has 0 saturated heterocycles. The Bertz CT molecular complexity index is 657. The Kier molecular flexibility index (Phi) is 4.72. The van der Waals surface area contributed by atoms with Crippen LogP contribution in [0, 0.1) is 0 Å². The monoisotopic (exact) mass is 282 g/mol. The molecule has 0 aliphatic rings. The van der Waals surface area contributed by atoms with Gasteiger partial charge < -0.3 is 9.30 Å². The summed E-state index contributed by atoms with van der Waals surface area (Å²) in [5, 5.41) is 0. The topological polar surface area (TPSA) is 44.1 Å². The van der Waals surface area contributed by atoms with E-state index in [-0.39, 0.29) is 6.61 Å². The quantitative estimate of drug-likeness (QED) is 0.463. The molecular formula is C17H18N2O2. The molecule has 0 N–H and O–H groups in total. The maximum absolute atomic E-state index is 11.5. The highest BCUT2D eigenvalue weighted by Crippen LogP contribution is 2.19. The lowest BCUT2D eigenvalue weighted by molar-refractivity contribution is -0.140. The van der Waals surface area contributed by atoms with Crippen molar-refractivity contribution in [1.82, 2.24) is 9.55 Å². The summed E-state index contributed by atoms with van der Waals surface area (Å²) in [5.41, 5.74) is 2.24. The summed E-state index contributed by atoms with van der Waals surface area (Å²) < 4.78 is 7.09. The van der Waals surface area contributed by atoms with Crippen LogP contribution < -0.4 is 0 Å². The van der Waals surface area contributed by atoms with E-state index in [0.717, 1.165) is 11.3 Å². The van der Waals surface area contributed by atoms with Gasteiger partial charge in [-0.25, -0.2) is 9.78 Å². The number of allylic oxidation sites excluding steroid dienone is 1. The fourth-order valence-electron chi connectivity index (χ4n) is 1.87. The van der Waals surface area contributed by atoms with Crippen molar-refractivity contribution in [3.05, 3.63) is 67.2 Å². The van der Waals surface area contributed by atoms with Gasteiger partial charge in [-0.3, -0.25) is 0 Å². The van der Waals surface area contributed by atoms with E-state index in [9.17, 15) is 4.79 Å². The maximum atomic E-state index is 11.5. The number of hydrogen-bond donors (Lipinski definition) is 0. The van der Waals surface area contributed by atoms with Crippen LogP contribution in [0.1, 0.15) is 12.7 Å². The highest BCUT2D eigenvalue weighted by atomic mass is 16.5. The van der Waals surface area contributed by atoms with Gasteiger partial charge >= 0.3 is 5.97 Å². The zero-order valence-electron chi connectivity index (χ0n) is 12.1. The summed E-state index contributed by atoms with van der Waals surface area (Å²) in [6.45, 7) is 9.64. The minimum Gasteiger partial charge on any atom is -0.454 e. The molecule has 0 aliphatic heterocycles. The van der Waals surface area contributed by atoms with Crippen LogP contribution in [0.2, 0.25) is 0 Å². The van der Waals surface area contributed by atoms with E-state index < -0.39 is 5.97 Å². The standard InChI is InChI=1S/C17H18N2O2/c1-4-10-19-11-15(14-8-6-5-7-9-14)18-16(19)12-21-17(20)13(2)3/h4-9,11H,1-2,10,12H2,3H3. The van der Waals surface area contributed by atoms with Crippen LogP contribution in [0.15, 0.2) is 61.3 Å². The number of ether oxygens (including phenoxy) is 1. The maximum Gasteiger partial charge on any atom is 0.333 e. The summed E-state index contributed by atoms with van der Waals surface area (Å²) in [7, 11) is 0. The molecule has 4 nitrogen and oxygen atoms in total. The largest absolute Gasteiger partial charge is 0.454 e. The van der Waals surface area contributed by atoms with Gasteiger partial charge in [0.05, 0.1) is 5.69 Å². The first-order valence-corrected chi connectivity index (χ1v) is 6.67. The molecule has 0 atom stereocenters. The minimum atomic E-state index is -0.413. The third kappa shape index (κ3) is 3.69. The molecule has 1 heterocycles. The van der Waals surface area contributed by atoms with Crippen molar-refractivity contribution in [2.45, 2.75) is 20.1 Å². The molecule has 1 aromatic heterocycles. The minimum absolute atomic E-state index is 0.117. The second kappa shape index (κ2) is 6.70. The Morgan fingerprint density at radius 3 is 2.71 bits per heavy atom. The van der Waals surface area contributed by atoms with Crippen molar-refractivity contribution in [2.75, 3.05) is 0 Å². The van der Waals surface area contributed by atoms with Crippen LogP contribution in [0.25, 0.3) is 11.3 Å². The molecule has 4 heteroatoms. The zero-order chi connectivity index (χ0) is 15.2. The first-order chi connectivity index (χ1) is 10.1. The van der Waals surface area contributed by atoms with E-state index in [4.69, 9.17) is 4.74 Å². The molecule has 21 heavy (non-hydrogen) atoms. The Morgan fingerprint density at radius 2 is 2.10 bits per heavy atom. The molecule has 0 spiro atoms. The predicted molar refractivity (Wildman–Crippen MR) is 82.5 cm³/mol. The second-order valence-electron chi connectivity index (χ2n) is 4.71. The normalized spacial score (nSPS) is 10.1. The van der Waals surface area contributed by atoms with Crippen LogP contribution in [0.3, 0.4) is 0 Å². The summed E-state index contributed by atoms with van der Waals surface area (Å²) in [4.78, 5) is 16.0. The van der Waals surface area contributed by atoms with E-state index in [1.807, 2.05) is 41.1 Å². The van der Waals surface area contributed by atoms with Gasteiger partial charge in [0.25, 0.3) is 0 Å². The molecule has 0 aliphatic carbocycles. The van der Waals surface area contributed by atoms with Crippen molar-refractivity contribution >= 4 is 5.97 Å². The number of imidazole rings is 1. The Hall–Kier alpha value is -2.62. The van der Waals surface area contributed by atoms with Crippen LogP contribution in [-0.2, 0) is 22.7 Å². The van der Waals surface area contributed by atoms with Crippen LogP contribution in [0.5, 0.6) is 0 Å². The predicted octanol–water partition coefficient (Wildman–Crippen LogP) is 3.36. The molecule has 0 amide bonds. The Labute approximate surface area is 124 Å². The Balaban J connectivity index is 2.23. The molecule has 0 unspecified atom stereocenters. The fraction of sp³-hybridized carbons (Fsp3) is 0.176. The highest BCUT2D eigenvalue weighted by Gasteiger charge is 2.11. The number of carbonyl (C=O) groups excluding carboxylic acids is 1. The first-order valence-electron chi connectivity index (χ1n) is 6.67. The molecule has 1 aromatic carbocycles. The van der Waals surface area contributed by atoms with Gasteiger partial charge in [0.2, 0.25) is 0 Å². The molecule has 108 valence electrons. The van der Waals surface area contributed by atoms with Crippen molar-refractivity contribution < 1.29 is 9.53 Å². The average Bonchev–Trinajstić information content (AvgIpc) is 2.89. The Morgan fingerprint density at radius 1 is 1.38 bits per heavy atom. The number of nitrogens with zero attached hydrogens (tertiary/aromatic N) is 2. The summed E-state index contributed by atoms with van der Waals surface area (Å²) in [5.74, 6) is 0.271. The lowest BCUT2D eigenvalue weighted by Crippen LogP contribution is -2.09. The number of carbonyl (C=O) groups is 1. The average molecular weight is 282 g/mol.